The number of fused-ring (bicyclic) bond motifs is 1. The van der Waals surface area contributed by atoms with Crippen LogP contribution in [-0.2, 0) is 0 Å². The topological polar surface area (TPSA) is 118 Å². The number of anilines is 1. The third-order valence-corrected chi connectivity index (χ3v) is 6.99. The van der Waals surface area contributed by atoms with Gasteiger partial charge >= 0.3 is 6.01 Å². The molecule has 1 atom stereocenters. The van der Waals surface area contributed by atoms with Crippen molar-refractivity contribution in [1.29, 1.82) is 0 Å². The lowest BCUT2D eigenvalue weighted by atomic mass is 9.95. The highest BCUT2D eigenvalue weighted by Gasteiger charge is 2.20. The molecule has 1 amide bonds. The summed E-state index contributed by atoms with van der Waals surface area (Å²) in [6.07, 6.45) is 8.46. The van der Waals surface area contributed by atoms with Crippen LogP contribution in [0.1, 0.15) is 41.6 Å². The quantitative estimate of drug-likeness (QED) is 0.330. The summed E-state index contributed by atoms with van der Waals surface area (Å²) in [7, 11) is 3.63. The fourth-order valence-corrected chi connectivity index (χ4v) is 4.71. The van der Waals surface area contributed by atoms with Crippen molar-refractivity contribution in [2.75, 3.05) is 39.0 Å². The van der Waals surface area contributed by atoms with E-state index in [1.807, 2.05) is 13.0 Å². The molecule has 1 aromatic carbocycles. The van der Waals surface area contributed by atoms with Crippen LogP contribution in [-0.4, -0.2) is 75.6 Å². The second kappa shape index (κ2) is 13.0. The molecule has 2 N–H and O–H groups in total. The van der Waals surface area contributed by atoms with Gasteiger partial charge in [-0.2, -0.15) is 13.5 Å². The number of nitrogens with one attached hydrogen (secondary N) is 2. The van der Waals surface area contributed by atoms with E-state index in [9.17, 15) is 9.18 Å². The maximum atomic E-state index is 14.7. The van der Waals surface area contributed by atoms with Crippen LogP contribution in [0.25, 0.3) is 22.2 Å². The Morgan fingerprint density at radius 1 is 1.12 bits per heavy atom. The monoisotopic (exact) mass is 564 g/mol. The van der Waals surface area contributed by atoms with Gasteiger partial charge in [-0.05, 0) is 37.6 Å². The summed E-state index contributed by atoms with van der Waals surface area (Å²) < 4.78 is 20.7. The minimum absolute atomic E-state index is 0. The first-order chi connectivity index (χ1) is 18.9. The Bertz CT molecular complexity index is 1460. The molecule has 40 heavy (non-hydrogen) atoms. The molecular formula is C28H33FN8O2S. The average molecular weight is 565 g/mol. The molecule has 10 nitrogen and oxygen atoms in total. The van der Waals surface area contributed by atoms with Gasteiger partial charge in [0.2, 0.25) is 0 Å². The molecule has 0 bridgehead atoms. The summed E-state index contributed by atoms with van der Waals surface area (Å²) in [5.74, 6) is -0.267. The molecule has 3 aromatic heterocycles. The molecule has 12 heteroatoms. The number of halogens is 1. The lowest BCUT2D eigenvalue weighted by molar-refractivity contribution is 0.0964. The van der Waals surface area contributed by atoms with Gasteiger partial charge in [-0.15, -0.1) is 0 Å². The standard InChI is InChI=1S/C28H31FN8O2.H2S/c1-17(20-4-5-22(29)25-21(27(38)30-2)6-9-31-26(20)25)13-32-24-12-23(35-16-36-24)18-14-33-28(34-15-18)39-19-7-10-37(3)11-8-19;/h4-6,9,12,14-17,19H,7-8,10-11,13H2,1-3H3,(H,30,38)(H,32,35,36);1H2/t17-;/m1./s1. The number of amides is 1. The summed E-state index contributed by atoms with van der Waals surface area (Å²) in [5, 5.41) is 6.11. The summed E-state index contributed by atoms with van der Waals surface area (Å²) >= 11 is 0. The predicted octanol–water partition coefficient (Wildman–Crippen LogP) is 3.78. The number of nitrogens with zero attached hydrogens (tertiary/aromatic N) is 6. The Morgan fingerprint density at radius 2 is 1.88 bits per heavy atom. The maximum Gasteiger partial charge on any atom is 0.316 e. The lowest BCUT2D eigenvalue weighted by Crippen LogP contribution is -2.35. The molecule has 0 unspecified atom stereocenters. The fraction of sp³-hybridized carbons (Fsp3) is 0.357. The van der Waals surface area contributed by atoms with E-state index in [2.05, 4.69) is 47.5 Å². The van der Waals surface area contributed by atoms with Crippen LogP contribution in [0.15, 0.2) is 49.2 Å². The highest BCUT2D eigenvalue weighted by atomic mass is 32.1. The summed E-state index contributed by atoms with van der Waals surface area (Å²) in [6.45, 7) is 4.52. The van der Waals surface area contributed by atoms with Gasteiger partial charge in [0.25, 0.3) is 5.91 Å². The van der Waals surface area contributed by atoms with E-state index < -0.39 is 5.82 Å². The third-order valence-electron chi connectivity index (χ3n) is 6.99. The highest BCUT2D eigenvalue weighted by molar-refractivity contribution is 7.59. The minimum Gasteiger partial charge on any atom is -0.460 e. The SMILES string of the molecule is CNC(=O)c1ccnc2c([C@H](C)CNc3cc(-c4cnc(OC5CCN(C)CC5)nc4)ncn3)ccc(F)c12.S. The molecule has 5 rings (SSSR count). The van der Waals surface area contributed by atoms with Gasteiger partial charge in [-0.25, -0.2) is 24.3 Å². The maximum absolute atomic E-state index is 14.7. The Balaban J connectivity index is 0.00000370. The molecular weight excluding hydrogens is 531 g/mol. The van der Waals surface area contributed by atoms with Crippen molar-refractivity contribution in [3.63, 3.8) is 0 Å². The Kier molecular flexibility index (Phi) is 9.43. The van der Waals surface area contributed by atoms with Crippen LogP contribution < -0.4 is 15.4 Å². The van der Waals surface area contributed by atoms with Crippen LogP contribution in [0.3, 0.4) is 0 Å². The smallest absolute Gasteiger partial charge is 0.316 e. The van der Waals surface area contributed by atoms with Gasteiger partial charge in [0.05, 0.1) is 16.8 Å². The fourth-order valence-electron chi connectivity index (χ4n) is 4.71. The molecule has 0 radical (unpaired) electrons. The van der Waals surface area contributed by atoms with Crippen molar-refractivity contribution in [3.05, 3.63) is 66.1 Å². The van der Waals surface area contributed by atoms with Crippen molar-refractivity contribution in [2.24, 2.45) is 0 Å². The summed E-state index contributed by atoms with van der Waals surface area (Å²) in [4.78, 5) is 36.4. The number of piperidine rings is 1. The van der Waals surface area contributed by atoms with Crippen LogP contribution in [0.2, 0.25) is 0 Å². The summed E-state index contributed by atoms with van der Waals surface area (Å²) in [6, 6.07) is 6.81. The van der Waals surface area contributed by atoms with E-state index in [-0.39, 0.29) is 42.4 Å². The van der Waals surface area contributed by atoms with Crippen molar-refractivity contribution < 1.29 is 13.9 Å². The largest absolute Gasteiger partial charge is 0.460 e. The molecule has 210 valence electrons. The van der Waals surface area contributed by atoms with E-state index in [0.717, 1.165) is 37.1 Å². The molecule has 1 saturated heterocycles. The average Bonchev–Trinajstić information content (AvgIpc) is 2.97. The number of pyridine rings is 1. The van der Waals surface area contributed by atoms with Crippen molar-refractivity contribution in [2.45, 2.75) is 31.8 Å². The van der Waals surface area contributed by atoms with Crippen LogP contribution in [0.4, 0.5) is 10.2 Å². The van der Waals surface area contributed by atoms with E-state index >= 15 is 0 Å². The second-order valence-corrected chi connectivity index (χ2v) is 9.74. The number of hydrogen-bond donors (Lipinski definition) is 2. The molecule has 0 spiro atoms. The lowest BCUT2D eigenvalue weighted by Gasteiger charge is -2.28. The van der Waals surface area contributed by atoms with Gasteiger partial charge in [-0.1, -0.05) is 13.0 Å². The molecule has 1 fully saturated rings. The van der Waals surface area contributed by atoms with Gasteiger partial charge < -0.3 is 20.3 Å². The zero-order chi connectivity index (χ0) is 27.4. The van der Waals surface area contributed by atoms with Crippen molar-refractivity contribution in [3.8, 4) is 17.3 Å². The van der Waals surface area contributed by atoms with Crippen LogP contribution in [0.5, 0.6) is 6.01 Å². The number of hydrogen-bond acceptors (Lipinski definition) is 9. The van der Waals surface area contributed by atoms with Crippen molar-refractivity contribution >= 4 is 36.1 Å². The zero-order valence-electron chi connectivity index (χ0n) is 22.7. The number of carbonyl (C=O) groups excluding carboxylic acids is 1. The van der Waals surface area contributed by atoms with E-state index in [0.29, 0.717) is 29.6 Å². The van der Waals surface area contributed by atoms with Gasteiger partial charge in [0, 0.05) is 68.2 Å². The first-order valence-electron chi connectivity index (χ1n) is 13.0. The number of likely N-dealkylation sites (tertiary alicyclic amines) is 1. The Hall–Kier alpha value is -3.90. The van der Waals surface area contributed by atoms with Crippen LogP contribution in [0, 0.1) is 5.82 Å². The minimum atomic E-state index is -0.481. The third kappa shape index (κ3) is 6.45. The molecule has 1 aliphatic heterocycles. The Labute approximate surface area is 239 Å². The number of rotatable bonds is 8. The van der Waals surface area contributed by atoms with E-state index in [4.69, 9.17) is 4.74 Å². The van der Waals surface area contributed by atoms with Gasteiger partial charge in [0.15, 0.2) is 0 Å². The molecule has 0 saturated carbocycles. The molecule has 0 aliphatic carbocycles. The first-order valence-corrected chi connectivity index (χ1v) is 13.0. The molecule has 4 heterocycles. The molecule has 1 aliphatic rings. The summed E-state index contributed by atoms with van der Waals surface area (Å²) in [5.41, 5.74) is 2.98. The van der Waals surface area contributed by atoms with E-state index in [1.165, 1.54) is 31.7 Å². The van der Waals surface area contributed by atoms with Gasteiger partial charge in [0.1, 0.15) is 24.1 Å². The normalized spacial score (nSPS) is 14.8. The first kappa shape index (κ1) is 29.1. The second-order valence-electron chi connectivity index (χ2n) is 9.74. The predicted molar refractivity (Wildman–Crippen MR) is 157 cm³/mol. The number of ether oxygens (including phenoxy) is 1. The highest BCUT2D eigenvalue weighted by Crippen LogP contribution is 2.29. The van der Waals surface area contributed by atoms with Crippen LogP contribution >= 0.6 is 13.5 Å². The number of carbonyl (C=O) groups is 1. The Morgan fingerprint density at radius 3 is 2.60 bits per heavy atom. The number of aromatic nitrogens is 5. The molecule has 4 aromatic rings. The van der Waals surface area contributed by atoms with Crippen molar-refractivity contribution in [1.82, 2.24) is 35.1 Å². The van der Waals surface area contributed by atoms with E-state index in [1.54, 1.807) is 18.5 Å². The van der Waals surface area contributed by atoms with Gasteiger partial charge in [-0.3, -0.25) is 9.78 Å². The zero-order valence-corrected chi connectivity index (χ0v) is 23.7. The number of benzene rings is 1.